The summed E-state index contributed by atoms with van der Waals surface area (Å²) in [4.78, 5) is 2.75. The van der Waals surface area contributed by atoms with E-state index in [9.17, 15) is 0 Å². The predicted molar refractivity (Wildman–Crippen MR) is 70.0 cm³/mol. The maximum atomic E-state index is 5.82. The molecule has 17 heavy (non-hydrogen) atoms. The first-order valence-corrected chi connectivity index (χ1v) is 7.49. The maximum absolute atomic E-state index is 5.82. The molecular weight excluding hydrogens is 210 g/mol. The molecule has 3 fully saturated rings. The highest BCUT2D eigenvalue weighted by molar-refractivity contribution is 4.90. The molecule has 1 aliphatic carbocycles. The minimum atomic E-state index is 0.124. The number of ether oxygens (including phenoxy) is 1. The highest BCUT2D eigenvalue weighted by atomic mass is 16.5. The molecule has 0 N–H and O–H groups in total. The number of hydrogen-bond acceptors (Lipinski definition) is 2. The quantitative estimate of drug-likeness (QED) is 0.732. The summed E-state index contributed by atoms with van der Waals surface area (Å²) in [5, 5.41) is 0. The van der Waals surface area contributed by atoms with E-state index in [-0.39, 0.29) is 5.60 Å². The molecule has 2 heteroatoms. The predicted octanol–water partition coefficient (Wildman–Crippen LogP) is 2.92. The molecule has 2 saturated heterocycles. The van der Waals surface area contributed by atoms with Crippen LogP contribution in [-0.2, 0) is 4.74 Å². The van der Waals surface area contributed by atoms with Gasteiger partial charge in [-0.25, -0.2) is 0 Å². The van der Waals surface area contributed by atoms with E-state index in [1.807, 2.05) is 0 Å². The zero-order valence-corrected chi connectivity index (χ0v) is 11.5. The molecule has 1 saturated carbocycles. The van der Waals surface area contributed by atoms with Crippen molar-refractivity contribution in [2.24, 2.45) is 17.8 Å². The minimum absolute atomic E-state index is 0.124. The van der Waals surface area contributed by atoms with Gasteiger partial charge in [0.05, 0.1) is 5.60 Å². The van der Waals surface area contributed by atoms with Gasteiger partial charge in [0, 0.05) is 26.2 Å². The Labute approximate surface area is 106 Å². The Kier molecular flexibility index (Phi) is 3.20. The Morgan fingerprint density at radius 2 is 1.82 bits per heavy atom. The third-order valence-corrected chi connectivity index (χ3v) is 5.12. The van der Waals surface area contributed by atoms with Crippen molar-refractivity contribution >= 4 is 0 Å². The molecule has 3 rings (SSSR count). The number of fused-ring (bicyclic) bond motifs is 1. The van der Waals surface area contributed by atoms with Gasteiger partial charge < -0.3 is 9.64 Å². The van der Waals surface area contributed by atoms with E-state index in [2.05, 4.69) is 18.7 Å². The summed E-state index contributed by atoms with van der Waals surface area (Å²) < 4.78 is 5.82. The van der Waals surface area contributed by atoms with Crippen molar-refractivity contribution in [1.29, 1.82) is 0 Å². The Balaban J connectivity index is 1.51. The fraction of sp³-hybridized carbons (Fsp3) is 1.00. The van der Waals surface area contributed by atoms with Crippen LogP contribution in [0.15, 0.2) is 0 Å². The van der Waals surface area contributed by atoms with Gasteiger partial charge in [0.1, 0.15) is 0 Å². The zero-order valence-electron chi connectivity index (χ0n) is 11.5. The Bertz CT molecular complexity index is 264. The van der Waals surface area contributed by atoms with Crippen LogP contribution in [-0.4, -0.2) is 36.7 Å². The standard InChI is InChI=1S/C15H27NO/c1-15(2)8-12(6-7-17-15)9-16-10-13-4-3-5-14(13)11-16/h12-14H,3-11H2,1-2H3/t12?,13-,14+. The van der Waals surface area contributed by atoms with Gasteiger partial charge in [-0.3, -0.25) is 0 Å². The van der Waals surface area contributed by atoms with Crippen molar-refractivity contribution in [2.75, 3.05) is 26.2 Å². The second kappa shape index (κ2) is 4.55. The second-order valence-corrected chi connectivity index (χ2v) is 7.14. The van der Waals surface area contributed by atoms with Crippen molar-refractivity contribution < 1.29 is 4.74 Å². The first-order valence-electron chi connectivity index (χ1n) is 7.49. The molecule has 0 radical (unpaired) electrons. The van der Waals surface area contributed by atoms with Gasteiger partial charge in [-0.2, -0.15) is 0 Å². The largest absolute Gasteiger partial charge is 0.376 e. The lowest BCUT2D eigenvalue weighted by atomic mass is 9.88. The number of likely N-dealkylation sites (tertiary alicyclic amines) is 1. The number of rotatable bonds is 2. The molecule has 2 aliphatic heterocycles. The Morgan fingerprint density at radius 1 is 1.12 bits per heavy atom. The van der Waals surface area contributed by atoms with Crippen molar-refractivity contribution in [3.05, 3.63) is 0 Å². The number of hydrogen-bond donors (Lipinski definition) is 0. The Morgan fingerprint density at radius 3 is 2.47 bits per heavy atom. The molecule has 0 aromatic rings. The molecule has 2 nitrogen and oxygen atoms in total. The molecule has 3 atom stereocenters. The fourth-order valence-corrected chi connectivity index (χ4v) is 4.36. The lowest BCUT2D eigenvalue weighted by Crippen LogP contribution is -2.39. The summed E-state index contributed by atoms with van der Waals surface area (Å²) >= 11 is 0. The highest BCUT2D eigenvalue weighted by Crippen LogP contribution is 2.39. The average molecular weight is 237 g/mol. The van der Waals surface area contributed by atoms with Crippen molar-refractivity contribution in [3.8, 4) is 0 Å². The van der Waals surface area contributed by atoms with E-state index in [4.69, 9.17) is 4.74 Å². The van der Waals surface area contributed by atoms with Crippen LogP contribution in [0.25, 0.3) is 0 Å². The van der Waals surface area contributed by atoms with Crippen LogP contribution >= 0.6 is 0 Å². The van der Waals surface area contributed by atoms with Crippen LogP contribution in [0, 0.1) is 17.8 Å². The lowest BCUT2D eigenvalue weighted by molar-refractivity contribution is -0.0762. The summed E-state index contributed by atoms with van der Waals surface area (Å²) in [6.45, 7) is 9.58. The van der Waals surface area contributed by atoms with Gasteiger partial charge in [0.25, 0.3) is 0 Å². The van der Waals surface area contributed by atoms with Gasteiger partial charge >= 0.3 is 0 Å². The average Bonchev–Trinajstić information content (AvgIpc) is 2.75. The van der Waals surface area contributed by atoms with Crippen LogP contribution < -0.4 is 0 Å². The lowest BCUT2D eigenvalue weighted by Gasteiger charge is -2.37. The van der Waals surface area contributed by atoms with Gasteiger partial charge in [-0.15, -0.1) is 0 Å². The Hall–Kier alpha value is -0.0800. The highest BCUT2D eigenvalue weighted by Gasteiger charge is 2.37. The smallest absolute Gasteiger partial charge is 0.0629 e. The monoisotopic (exact) mass is 237 g/mol. The second-order valence-electron chi connectivity index (χ2n) is 7.14. The van der Waals surface area contributed by atoms with Crippen molar-refractivity contribution in [1.82, 2.24) is 4.90 Å². The van der Waals surface area contributed by atoms with Crippen LogP contribution in [0.1, 0.15) is 46.0 Å². The molecule has 3 aliphatic rings. The van der Waals surface area contributed by atoms with E-state index >= 15 is 0 Å². The van der Waals surface area contributed by atoms with E-state index in [0.717, 1.165) is 24.4 Å². The molecule has 0 aromatic heterocycles. The molecule has 98 valence electrons. The molecule has 2 heterocycles. The summed E-state index contributed by atoms with van der Waals surface area (Å²) in [5.41, 5.74) is 0.124. The molecule has 0 spiro atoms. The molecule has 0 bridgehead atoms. The van der Waals surface area contributed by atoms with E-state index < -0.39 is 0 Å². The summed E-state index contributed by atoms with van der Waals surface area (Å²) in [6.07, 6.45) is 7.02. The third kappa shape index (κ3) is 2.68. The van der Waals surface area contributed by atoms with Crippen LogP contribution in [0.2, 0.25) is 0 Å². The molecule has 0 amide bonds. The third-order valence-electron chi connectivity index (χ3n) is 5.12. The normalized spacial score (nSPS) is 41.6. The van der Waals surface area contributed by atoms with E-state index in [1.165, 1.54) is 51.7 Å². The van der Waals surface area contributed by atoms with Crippen LogP contribution in [0.4, 0.5) is 0 Å². The van der Waals surface area contributed by atoms with Crippen molar-refractivity contribution in [2.45, 2.75) is 51.6 Å². The van der Waals surface area contributed by atoms with E-state index in [0.29, 0.717) is 0 Å². The summed E-state index contributed by atoms with van der Waals surface area (Å²) in [5.74, 6) is 2.96. The molecule has 0 aromatic carbocycles. The summed E-state index contributed by atoms with van der Waals surface area (Å²) in [7, 11) is 0. The SMILES string of the molecule is CC1(C)CC(CN2C[C@H]3CCC[C@H]3C2)CCO1. The fourth-order valence-electron chi connectivity index (χ4n) is 4.36. The minimum Gasteiger partial charge on any atom is -0.376 e. The topological polar surface area (TPSA) is 12.5 Å². The zero-order chi connectivity index (χ0) is 11.9. The van der Waals surface area contributed by atoms with Crippen LogP contribution in [0.5, 0.6) is 0 Å². The summed E-state index contributed by atoms with van der Waals surface area (Å²) in [6, 6.07) is 0. The van der Waals surface area contributed by atoms with Gasteiger partial charge in [-0.1, -0.05) is 6.42 Å². The molecule has 1 unspecified atom stereocenters. The maximum Gasteiger partial charge on any atom is 0.0629 e. The van der Waals surface area contributed by atoms with Crippen molar-refractivity contribution in [3.63, 3.8) is 0 Å². The molecular formula is C15H27NO. The van der Waals surface area contributed by atoms with Gasteiger partial charge in [-0.05, 0) is 57.3 Å². The van der Waals surface area contributed by atoms with E-state index in [1.54, 1.807) is 0 Å². The first-order chi connectivity index (χ1) is 8.12. The van der Waals surface area contributed by atoms with Gasteiger partial charge in [0.15, 0.2) is 0 Å². The first kappa shape index (κ1) is 12.0. The van der Waals surface area contributed by atoms with Crippen LogP contribution in [0.3, 0.4) is 0 Å². The van der Waals surface area contributed by atoms with Gasteiger partial charge in [0.2, 0.25) is 0 Å². The number of nitrogens with zero attached hydrogens (tertiary/aromatic N) is 1.